The lowest BCUT2D eigenvalue weighted by Gasteiger charge is -2.04. The lowest BCUT2D eigenvalue weighted by molar-refractivity contribution is -0.137. The van der Waals surface area contributed by atoms with Gasteiger partial charge in [-0.15, -0.1) is 0 Å². The molecular formula is C14H16N2O4. The summed E-state index contributed by atoms with van der Waals surface area (Å²) in [6.45, 7) is 2.69. The van der Waals surface area contributed by atoms with Gasteiger partial charge in [0, 0.05) is 12.0 Å². The number of rotatable bonds is 7. The van der Waals surface area contributed by atoms with E-state index in [2.05, 4.69) is 10.1 Å². The Balaban J connectivity index is 2.09. The predicted molar refractivity (Wildman–Crippen MR) is 71.5 cm³/mol. The molecule has 0 unspecified atom stereocenters. The van der Waals surface area contributed by atoms with E-state index in [0.29, 0.717) is 18.3 Å². The van der Waals surface area contributed by atoms with Gasteiger partial charge in [0.15, 0.2) is 0 Å². The second kappa shape index (κ2) is 6.70. The molecule has 0 saturated heterocycles. The number of benzene rings is 1. The molecule has 106 valence electrons. The molecule has 20 heavy (non-hydrogen) atoms. The third-order valence-corrected chi connectivity index (χ3v) is 2.59. The Morgan fingerprint density at radius 2 is 2.30 bits per heavy atom. The van der Waals surface area contributed by atoms with E-state index in [0.717, 1.165) is 17.7 Å². The zero-order valence-electron chi connectivity index (χ0n) is 11.2. The van der Waals surface area contributed by atoms with Crippen LogP contribution in [0.1, 0.15) is 25.7 Å². The average molecular weight is 276 g/mol. The molecular weight excluding hydrogens is 260 g/mol. The number of hydrogen-bond acceptors (Lipinski definition) is 5. The first-order valence-electron chi connectivity index (χ1n) is 6.46. The molecule has 2 rings (SSSR count). The molecule has 1 aromatic heterocycles. The average Bonchev–Trinajstić information content (AvgIpc) is 2.92. The SMILES string of the molecule is CCCOc1cccc(-c2noc(CCC(=O)O)n2)c1. The van der Waals surface area contributed by atoms with Gasteiger partial charge in [0.1, 0.15) is 5.75 Å². The highest BCUT2D eigenvalue weighted by Gasteiger charge is 2.10. The predicted octanol–water partition coefficient (Wildman–Crippen LogP) is 2.54. The van der Waals surface area contributed by atoms with Crippen LogP contribution in [0.4, 0.5) is 0 Å². The molecule has 0 atom stereocenters. The summed E-state index contributed by atoms with van der Waals surface area (Å²) in [6, 6.07) is 7.41. The van der Waals surface area contributed by atoms with E-state index in [-0.39, 0.29) is 12.8 Å². The quantitative estimate of drug-likeness (QED) is 0.836. The van der Waals surface area contributed by atoms with Gasteiger partial charge in [-0.3, -0.25) is 4.79 Å². The molecule has 1 N–H and O–H groups in total. The molecule has 0 bridgehead atoms. The zero-order chi connectivity index (χ0) is 14.4. The molecule has 2 aromatic rings. The second-order valence-corrected chi connectivity index (χ2v) is 4.28. The maximum atomic E-state index is 10.5. The first-order valence-corrected chi connectivity index (χ1v) is 6.46. The molecule has 0 aliphatic heterocycles. The minimum absolute atomic E-state index is 0.0265. The van der Waals surface area contributed by atoms with Gasteiger partial charge in [-0.2, -0.15) is 4.98 Å². The summed E-state index contributed by atoms with van der Waals surface area (Å²) in [5.74, 6) is 0.621. The maximum Gasteiger partial charge on any atom is 0.303 e. The standard InChI is InChI=1S/C14H16N2O4/c1-2-8-19-11-5-3-4-10(9-11)14-15-12(20-16-14)6-7-13(17)18/h3-5,9H,2,6-8H2,1H3,(H,17,18). The molecule has 0 fully saturated rings. The first kappa shape index (κ1) is 14.0. The summed E-state index contributed by atoms with van der Waals surface area (Å²) < 4.78 is 10.6. The monoisotopic (exact) mass is 276 g/mol. The van der Waals surface area contributed by atoms with Crippen molar-refractivity contribution in [3.05, 3.63) is 30.2 Å². The highest BCUT2D eigenvalue weighted by Crippen LogP contribution is 2.21. The van der Waals surface area contributed by atoms with Gasteiger partial charge >= 0.3 is 5.97 Å². The lowest BCUT2D eigenvalue weighted by Crippen LogP contribution is -1.97. The van der Waals surface area contributed by atoms with Crippen molar-refractivity contribution >= 4 is 5.97 Å². The number of ether oxygens (including phenoxy) is 1. The van der Waals surface area contributed by atoms with Crippen LogP contribution in [-0.2, 0) is 11.2 Å². The Morgan fingerprint density at radius 1 is 1.45 bits per heavy atom. The minimum atomic E-state index is -0.889. The largest absolute Gasteiger partial charge is 0.494 e. The Labute approximate surface area is 116 Å². The number of carbonyl (C=O) groups is 1. The van der Waals surface area contributed by atoms with Crippen LogP contribution in [0.25, 0.3) is 11.4 Å². The normalized spacial score (nSPS) is 10.4. The lowest BCUT2D eigenvalue weighted by atomic mass is 10.2. The van der Waals surface area contributed by atoms with Crippen LogP contribution < -0.4 is 4.74 Å². The molecule has 0 radical (unpaired) electrons. The number of carboxylic acids is 1. The summed E-state index contributed by atoms with van der Waals surface area (Å²) in [5, 5.41) is 12.5. The topological polar surface area (TPSA) is 85.5 Å². The van der Waals surface area contributed by atoms with Crippen LogP contribution in [-0.4, -0.2) is 27.8 Å². The fraction of sp³-hybridized carbons (Fsp3) is 0.357. The Morgan fingerprint density at radius 3 is 3.05 bits per heavy atom. The van der Waals surface area contributed by atoms with Crippen molar-refractivity contribution in [3.8, 4) is 17.1 Å². The molecule has 6 heteroatoms. The van der Waals surface area contributed by atoms with Crippen molar-refractivity contribution in [2.75, 3.05) is 6.61 Å². The smallest absolute Gasteiger partial charge is 0.303 e. The molecule has 0 aliphatic rings. The van der Waals surface area contributed by atoms with Crippen molar-refractivity contribution in [1.82, 2.24) is 10.1 Å². The van der Waals surface area contributed by atoms with Gasteiger partial charge in [0.25, 0.3) is 0 Å². The zero-order valence-corrected chi connectivity index (χ0v) is 11.2. The maximum absolute atomic E-state index is 10.5. The Kier molecular flexibility index (Phi) is 4.70. The molecule has 6 nitrogen and oxygen atoms in total. The van der Waals surface area contributed by atoms with E-state index < -0.39 is 5.97 Å². The third kappa shape index (κ3) is 3.81. The molecule has 1 aromatic carbocycles. The van der Waals surface area contributed by atoms with Crippen LogP contribution in [0.15, 0.2) is 28.8 Å². The molecule has 0 spiro atoms. The molecule has 0 saturated carbocycles. The minimum Gasteiger partial charge on any atom is -0.494 e. The summed E-state index contributed by atoms with van der Waals surface area (Å²) >= 11 is 0. The van der Waals surface area contributed by atoms with Crippen molar-refractivity contribution in [3.63, 3.8) is 0 Å². The van der Waals surface area contributed by atoms with E-state index in [9.17, 15) is 4.79 Å². The number of aryl methyl sites for hydroxylation is 1. The van der Waals surface area contributed by atoms with Crippen LogP contribution in [0.2, 0.25) is 0 Å². The number of hydrogen-bond donors (Lipinski definition) is 1. The van der Waals surface area contributed by atoms with Gasteiger partial charge in [0.05, 0.1) is 13.0 Å². The van der Waals surface area contributed by atoms with E-state index in [1.165, 1.54) is 0 Å². The van der Waals surface area contributed by atoms with E-state index in [4.69, 9.17) is 14.4 Å². The molecule has 1 heterocycles. The summed E-state index contributed by atoms with van der Waals surface area (Å²) in [5.41, 5.74) is 0.781. The highest BCUT2D eigenvalue weighted by molar-refractivity contribution is 5.66. The number of aromatic nitrogens is 2. The van der Waals surface area contributed by atoms with Gasteiger partial charge in [-0.1, -0.05) is 24.2 Å². The van der Waals surface area contributed by atoms with Gasteiger partial charge < -0.3 is 14.4 Å². The fourth-order valence-electron chi connectivity index (χ4n) is 1.63. The van der Waals surface area contributed by atoms with E-state index >= 15 is 0 Å². The van der Waals surface area contributed by atoms with Crippen LogP contribution >= 0.6 is 0 Å². The van der Waals surface area contributed by atoms with Gasteiger partial charge in [-0.25, -0.2) is 0 Å². The third-order valence-electron chi connectivity index (χ3n) is 2.59. The van der Waals surface area contributed by atoms with Gasteiger partial charge in [0.2, 0.25) is 11.7 Å². The number of nitrogens with zero attached hydrogens (tertiary/aromatic N) is 2. The summed E-state index contributed by atoms with van der Waals surface area (Å²) in [6.07, 6.45) is 1.14. The summed E-state index contributed by atoms with van der Waals surface area (Å²) in [7, 11) is 0. The molecule has 0 amide bonds. The van der Waals surface area contributed by atoms with Crippen LogP contribution in [0.3, 0.4) is 0 Å². The van der Waals surface area contributed by atoms with Crippen molar-refractivity contribution in [1.29, 1.82) is 0 Å². The van der Waals surface area contributed by atoms with Crippen LogP contribution in [0.5, 0.6) is 5.75 Å². The van der Waals surface area contributed by atoms with E-state index in [1.54, 1.807) is 0 Å². The Hall–Kier alpha value is -2.37. The van der Waals surface area contributed by atoms with Crippen LogP contribution in [0, 0.1) is 0 Å². The van der Waals surface area contributed by atoms with Crippen molar-refractivity contribution in [2.45, 2.75) is 26.2 Å². The first-order chi connectivity index (χ1) is 9.69. The van der Waals surface area contributed by atoms with E-state index in [1.807, 2.05) is 31.2 Å². The number of aliphatic carboxylic acids is 1. The Bertz CT molecular complexity index is 580. The fourth-order valence-corrected chi connectivity index (χ4v) is 1.63. The second-order valence-electron chi connectivity index (χ2n) is 4.28. The van der Waals surface area contributed by atoms with Gasteiger partial charge in [-0.05, 0) is 18.6 Å². The van der Waals surface area contributed by atoms with Crippen molar-refractivity contribution < 1.29 is 19.2 Å². The summed E-state index contributed by atoms with van der Waals surface area (Å²) in [4.78, 5) is 14.7. The number of carboxylic acid groups (broad SMARTS) is 1. The van der Waals surface area contributed by atoms with Crippen molar-refractivity contribution in [2.24, 2.45) is 0 Å². The molecule has 0 aliphatic carbocycles. The highest BCUT2D eigenvalue weighted by atomic mass is 16.5.